The summed E-state index contributed by atoms with van der Waals surface area (Å²) in [4.78, 5) is 28.4. The third-order valence-corrected chi connectivity index (χ3v) is 6.84. The number of imidazole rings is 1. The molecule has 2 fully saturated rings. The molecule has 156 valence electrons. The standard InChI is InChI=1S/C22H25ClN6O/c1-13-10-15-19(27-12-29(15)21-18(23)20(24)25-11-26-21)17(14-6-3-2-4-7-14)16(13)22(30)28-8-5-9-28/h10-12,14H,2-9H2,1H3,(H2,24,25,26). The van der Waals surface area contributed by atoms with E-state index in [0.29, 0.717) is 16.8 Å². The number of nitrogen functional groups attached to an aromatic ring is 1. The molecule has 8 heteroatoms. The number of rotatable bonds is 3. The van der Waals surface area contributed by atoms with Crippen molar-refractivity contribution in [2.45, 2.75) is 51.4 Å². The minimum Gasteiger partial charge on any atom is -0.382 e. The lowest BCUT2D eigenvalue weighted by Crippen LogP contribution is -2.42. The zero-order valence-electron chi connectivity index (χ0n) is 17.1. The number of nitrogens with zero attached hydrogens (tertiary/aromatic N) is 5. The van der Waals surface area contributed by atoms with Gasteiger partial charge in [0.05, 0.1) is 11.0 Å². The summed E-state index contributed by atoms with van der Waals surface area (Å²) in [7, 11) is 0. The van der Waals surface area contributed by atoms with Crippen LogP contribution in [0.1, 0.15) is 65.9 Å². The van der Waals surface area contributed by atoms with Gasteiger partial charge in [0, 0.05) is 18.7 Å². The summed E-state index contributed by atoms with van der Waals surface area (Å²) in [5, 5.41) is 0.300. The summed E-state index contributed by atoms with van der Waals surface area (Å²) in [6.45, 7) is 3.70. The molecule has 2 N–H and O–H groups in total. The number of likely N-dealkylation sites (tertiary alicyclic amines) is 1. The Labute approximate surface area is 180 Å². The van der Waals surface area contributed by atoms with Gasteiger partial charge in [-0.15, -0.1) is 0 Å². The number of fused-ring (bicyclic) bond motifs is 1. The van der Waals surface area contributed by atoms with Crippen molar-refractivity contribution in [2.24, 2.45) is 0 Å². The van der Waals surface area contributed by atoms with Crippen molar-refractivity contribution in [3.8, 4) is 5.82 Å². The number of halogens is 1. The predicted octanol–water partition coefficient (Wildman–Crippen LogP) is 4.25. The molecule has 0 atom stereocenters. The third-order valence-electron chi connectivity index (χ3n) is 6.47. The van der Waals surface area contributed by atoms with E-state index in [2.05, 4.69) is 9.97 Å². The molecule has 1 saturated heterocycles. The first-order chi connectivity index (χ1) is 14.6. The lowest BCUT2D eigenvalue weighted by Gasteiger charge is -2.33. The zero-order chi connectivity index (χ0) is 20.8. The van der Waals surface area contributed by atoms with Crippen molar-refractivity contribution < 1.29 is 4.79 Å². The molecule has 0 bridgehead atoms. The van der Waals surface area contributed by atoms with Crippen LogP contribution in [0.5, 0.6) is 0 Å². The second kappa shape index (κ2) is 7.54. The quantitative estimate of drug-likeness (QED) is 0.678. The SMILES string of the molecule is Cc1cc2c(ncn2-c2ncnc(N)c2Cl)c(C2CCCCC2)c1C(=O)N1CCC1. The van der Waals surface area contributed by atoms with Gasteiger partial charge in [-0.05, 0) is 49.3 Å². The van der Waals surface area contributed by atoms with Gasteiger partial charge < -0.3 is 10.6 Å². The van der Waals surface area contributed by atoms with Crippen molar-refractivity contribution in [2.75, 3.05) is 18.8 Å². The molecule has 2 aromatic heterocycles. The van der Waals surface area contributed by atoms with Crippen LogP contribution in [-0.4, -0.2) is 43.4 Å². The Balaban J connectivity index is 1.74. The Morgan fingerprint density at radius 3 is 2.60 bits per heavy atom. The summed E-state index contributed by atoms with van der Waals surface area (Å²) in [5.74, 6) is 1.22. The molecule has 1 aliphatic heterocycles. The first-order valence-electron chi connectivity index (χ1n) is 10.6. The molecule has 7 nitrogen and oxygen atoms in total. The van der Waals surface area contributed by atoms with Crippen molar-refractivity contribution in [1.82, 2.24) is 24.4 Å². The number of carbonyl (C=O) groups is 1. The summed E-state index contributed by atoms with van der Waals surface area (Å²) < 4.78 is 1.85. The van der Waals surface area contributed by atoms with Gasteiger partial charge in [0.1, 0.15) is 23.5 Å². The minimum atomic E-state index is 0.139. The predicted molar refractivity (Wildman–Crippen MR) is 117 cm³/mol. The van der Waals surface area contributed by atoms with Crippen LogP contribution in [0.15, 0.2) is 18.7 Å². The number of anilines is 1. The normalized spacial score (nSPS) is 17.3. The lowest BCUT2D eigenvalue weighted by atomic mass is 9.80. The van der Waals surface area contributed by atoms with Crippen LogP contribution < -0.4 is 5.73 Å². The van der Waals surface area contributed by atoms with Crippen LogP contribution in [0, 0.1) is 6.92 Å². The van der Waals surface area contributed by atoms with Gasteiger partial charge in [-0.1, -0.05) is 30.9 Å². The molecule has 1 amide bonds. The average Bonchev–Trinajstić information content (AvgIpc) is 3.11. The molecule has 1 saturated carbocycles. The number of benzene rings is 1. The number of hydrogen-bond acceptors (Lipinski definition) is 5. The Kier molecular flexibility index (Phi) is 4.85. The fourth-order valence-electron chi connectivity index (χ4n) is 4.77. The Bertz CT molecular complexity index is 1130. The molecule has 30 heavy (non-hydrogen) atoms. The zero-order valence-corrected chi connectivity index (χ0v) is 17.8. The van der Waals surface area contributed by atoms with E-state index in [-0.39, 0.29) is 11.7 Å². The monoisotopic (exact) mass is 424 g/mol. The van der Waals surface area contributed by atoms with Crippen molar-refractivity contribution in [1.29, 1.82) is 0 Å². The fraction of sp³-hybridized carbons (Fsp3) is 0.455. The largest absolute Gasteiger partial charge is 0.382 e. The Morgan fingerprint density at radius 1 is 1.13 bits per heavy atom. The highest BCUT2D eigenvalue weighted by molar-refractivity contribution is 6.34. The van der Waals surface area contributed by atoms with E-state index in [9.17, 15) is 4.79 Å². The number of aromatic nitrogens is 4. The number of carbonyl (C=O) groups excluding carboxylic acids is 1. The lowest BCUT2D eigenvalue weighted by molar-refractivity contribution is 0.0649. The smallest absolute Gasteiger partial charge is 0.254 e. The van der Waals surface area contributed by atoms with Crippen molar-refractivity contribution in [3.63, 3.8) is 0 Å². The van der Waals surface area contributed by atoms with Crippen LogP contribution >= 0.6 is 11.6 Å². The van der Waals surface area contributed by atoms with Crippen LogP contribution in [0.3, 0.4) is 0 Å². The molecule has 2 aliphatic rings. The van der Waals surface area contributed by atoms with Crippen molar-refractivity contribution in [3.05, 3.63) is 40.4 Å². The second-order valence-corrected chi connectivity index (χ2v) is 8.72. The molecule has 0 unspecified atom stereocenters. The highest BCUT2D eigenvalue weighted by Crippen LogP contribution is 2.40. The van der Waals surface area contributed by atoms with Gasteiger partial charge in [-0.25, -0.2) is 15.0 Å². The highest BCUT2D eigenvalue weighted by atomic mass is 35.5. The highest BCUT2D eigenvalue weighted by Gasteiger charge is 2.31. The average molecular weight is 425 g/mol. The van der Waals surface area contributed by atoms with Gasteiger partial charge in [0.25, 0.3) is 5.91 Å². The van der Waals surface area contributed by atoms with E-state index < -0.39 is 0 Å². The third kappa shape index (κ3) is 3.03. The molecule has 3 aromatic rings. The van der Waals surface area contributed by atoms with Crippen molar-refractivity contribution >= 4 is 34.4 Å². The maximum absolute atomic E-state index is 13.4. The van der Waals surface area contributed by atoms with Crippen LogP contribution in [0.2, 0.25) is 5.02 Å². The van der Waals surface area contributed by atoms with E-state index in [4.69, 9.17) is 22.3 Å². The molecule has 0 radical (unpaired) electrons. The second-order valence-electron chi connectivity index (χ2n) is 8.34. The molecule has 5 rings (SSSR count). The first kappa shape index (κ1) is 19.3. The number of amides is 1. The van der Waals surface area contributed by atoms with Crippen LogP contribution in [0.4, 0.5) is 5.82 Å². The van der Waals surface area contributed by atoms with Gasteiger partial charge in [-0.3, -0.25) is 9.36 Å². The summed E-state index contributed by atoms with van der Waals surface area (Å²) >= 11 is 6.40. The van der Waals surface area contributed by atoms with E-state index in [1.54, 1.807) is 6.33 Å². The molecular formula is C22H25ClN6O. The van der Waals surface area contributed by atoms with E-state index in [1.165, 1.54) is 25.6 Å². The molecule has 0 spiro atoms. The number of hydrogen-bond donors (Lipinski definition) is 1. The van der Waals surface area contributed by atoms with Gasteiger partial charge in [0.15, 0.2) is 5.82 Å². The topological polar surface area (TPSA) is 89.9 Å². The molecule has 1 aromatic carbocycles. The van der Waals surface area contributed by atoms with E-state index >= 15 is 0 Å². The van der Waals surface area contributed by atoms with Gasteiger partial charge >= 0.3 is 0 Å². The molecular weight excluding hydrogens is 400 g/mol. The summed E-state index contributed by atoms with van der Waals surface area (Å²) in [6, 6.07) is 2.02. The fourth-order valence-corrected chi connectivity index (χ4v) is 4.96. The summed E-state index contributed by atoms with van der Waals surface area (Å²) in [6.07, 6.45) is 10.0. The summed E-state index contributed by atoms with van der Waals surface area (Å²) in [5.41, 5.74) is 10.6. The van der Waals surface area contributed by atoms with E-state index in [0.717, 1.165) is 60.1 Å². The van der Waals surface area contributed by atoms with Gasteiger partial charge in [0.2, 0.25) is 0 Å². The minimum absolute atomic E-state index is 0.139. The number of aryl methyl sites for hydroxylation is 1. The molecule has 1 aliphatic carbocycles. The van der Waals surface area contributed by atoms with Crippen LogP contribution in [0.25, 0.3) is 16.9 Å². The maximum Gasteiger partial charge on any atom is 0.254 e. The van der Waals surface area contributed by atoms with Crippen LogP contribution in [-0.2, 0) is 0 Å². The van der Waals surface area contributed by atoms with Gasteiger partial charge in [-0.2, -0.15) is 0 Å². The maximum atomic E-state index is 13.4. The first-order valence-corrected chi connectivity index (χ1v) is 11.0. The molecule has 3 heterocycles. The Morgan fingerprint density at radius 2 is 1.90 bits per heavy atom. The Hall–Kier alpha value is -2.67. The number of nitrogens with two attached hydrogens (primary N) is 1. The van der Waals surface area contributed by atoms with E-state index in [1.807, 2.05) is 22.5 Å².